The van der Waals surface area contributed by atoms with Crippen LogP contribution in [0, 0.1) is 25.2 Å². The average molecular weight is 322 g/mol. The predicted molar refractivity (Wildman–Crippen MR) is 93.8 cm³/mol. The van der Waals surface area contributed by atoms with Gasteiger partial charge in [-0.05, 0) is 56.4 Å². The molecule has 1 aliphatic heterocycles. The summed E-state index contributed by atoms with van der Waals surface area (Å²) in [5.41, 5.74) is 3.34. The van der Waals surface area contributed by atoms with E-state index in [-0.39, 0.29) is 0 Å². The number of rotatable bonds is 4. The molecule has 1 aliphatic rings. The molecular formula is C18H22N6. The number of aryl methyl sites for hydroxylation is 1. The molecule has 124 valence electrons. The van der Waals surface area contributed by atoms with Crippen LogP contribution in [-0.2, 0) is 6.54 Å². The molecule has 0 saturated carbocycles. The summed E-state index contributed by atoms with van der Waals surface area (Å²) in [5.74, 6) is 1.57. The van der Waals surface area contributed by atoms with E-state index in [1.165, 1.54) is 19.3 Å². The molecule has 0 unspecified atom stereocenters. The van der Waals surface area contributed by atoms with Gasteiger partial charge in [-0.1, -0.05) is 0 Å². The van der Waals surface area contributed by atoms with Crippen molar-refractivity contribution in [1.29, 1.82) is 5.26 Å². The zero-order chi connectivity index (χ0) is 16.9. The number of hydrogen-bond donors (Lipinski definition) is 1. The standard InChI is InChI=1S/C18H22N6/c1-13-14(2)22-23-18(16(13)11-19)21-12-15-6-7-20-17(10-15)24-8-4-3-5-9-24/h6-7,10H,3-5,8-9,12H2,1-2H3,(H,21,23). The summed E-state index contributed by atoms with van der Waals surface area (Å²) in [6.45, 7) is 6.50. The van der Waals surface area contributed by atoms with Crippen molar-refractivity contribution in [3.8, 4) is 6.07 Å². The normalized spacial score (nSPS) is 14.3. The number of hydrogen-bond acceptors (Lipinski definition) is 6. The van der Waals surface area contributed by atoms with Gasteiger partial charge in [-0.15, -0.1) is 5.10 Å². The topological polar surface area (TPSA) is 77.7 Å². The second-order valence-electron chi connectivity index (χ2n) is 6.17. The molecule has 0 radical (unpaired) electrons. The Labute approximate surface area is 142 Å². The summed E-state index contributed by atoms with van der Waals surface area (Å²) in [7, 11) is 0. The molecule has 2 aromatic heterocycles. The Morgan fingerprint density at radius 2 is 2.00 bits per heavy atom. The van der Waals surface area contributed by atoms with Crippen LogP contribution in [0.2, 0.25) is 0 Å². The summed E-state index contributed by atoms with van der Waals surface area (Å²) in [6, 6.07) is 6.32. The lowest BCUT2D eigenvalue weighted by Crippen LogP contribution is -2.30. The van der Waals surface area contributed by atoms with Gasteiger partial charge in [0.05, 0.1) is 5.69 Å². The van der Waals surface area contributed by atoms with Crippen LogP contribution in [0.3, 0.4) is 0 Å². The third kappa shape index (κ3) is 3.46. The Balaban J connectivity index is 1.73. The van der Waals surface area contributed by atoms with Crippen LogP contribution in [-0.4, -0.2) is 28.3 Å². The van der Waals surface area contributed by atoms with Gasteiger partial charge in [-0.3, -0.25) is 0 Å². The lowest BCUT2D eigenvalue weighted by atomic mass is 10.1. The molecule has 1 N–H and O–H groups in total. The van der Waals surface area contributed by atoms with Crippen molar-refractivity contribution in [1.82, 2.24) is 15.2 Å². The highest BCUT2D eigenvalue weighted by molar-refractivity contribution is 5.56. The maximum absolute atomic E-state index is 9.36. The third-order valence-electron chi connectivity index (χ3n) is 4.52. The van der Waals surface area contributed by atoms with Crippen molar-refractivity contribution in [2.24, 2.45) is 0 Å². The second kappa shape index (κ2) is 7.26. The molecule has 3 rings (SSSR count). The van der Waals surface area contributed by atoms with E-state index in [2.05, 4.69) is 37.5 Å². The quantitative estimate of drug-likeness (QED) is 0.932. The van der Waals surface area contributed by atoms with E-state index in [9.17, 15) is 5.26 Å². The van der Waals surface area contributed by atoms with Crippen molar-refractivity contribution in [2.45, 2.75) is 39.7 Å². The maximum atomic E-state index is 9.36. The zero-order valence-electron chi connectivity index (χ0n) is 14.2. The van der Waals surface area contributed by atoms with Gasteiger partial charge in [-0.25, -0.2) is 4.98 Å². The highest BCUT2D eigenvalue weighted by Crippen LogP contribution is 2.20. The number of piperidine rings is 1. The van der Waals surface area contributed by atoms with Gasteiger partial charge in [0.1, 0.15) is 17.5 Å². The molecule has 6 heteroatoms. The number of aromatic nitrogens is 3. The maximum Gasteiger partial charge on any atom is 0.167 e. The van der Waals surface area contributed by atoms with Gasteiger partial charge in [-0.2, -0.15) is 10.4 Å². The minimum atomic E-state index is 0.539. The molecule has 6 nitrogen and oxygen atoms in total. The fourth-order valence-corrected chi connectivity index (χ4v) is 2.92. The van der Waals surface area contributed by atoms with Gasteiger partial charge >= 0.3 is 0 Å². The summed E-state index contributed by atoms with van der Waals surface area (Å²) in [4.78, 5) is 6.83. The zero-order valence-corrected chi connectivity index (χ0v) is 14.2. The van der Waals surface area contributed by atoms with Crippen molar-refractivity contribution in [2.75, 3.05) is 23.3 Å². The van der Waals surface area contributed by atoms with E-state index < -0.39 is 0 Å². The van der Waals surface area contributed by atoms with Crippen LogP contribution in [0.15, 0.2) is 18.3 Å². The van der Waals surface area contributed by atoms with Gasteiger partial charge in [0, 0.05) is 25.8 Å². The Kier molecular flexibility index (Phi) is 4.90. The first-order valence-corrected chi connectivity index (χ1v) is 8.37. The fourth-order valence-electron chi connectivity index (χ4n) is 2.92. The largest absolute Gasteiger partial charge is 0.363 e. The van der Waals surface area contributed by atoms with Gasteiger partial charge < -0.3 is 10.2 Å². The molecule has 0 aromatic carbocycles. The lowest BCUT2D eigenvalue weighted by Gasteiger charge is -2.27. The van der Waals surface area contributed by atoms with E-state index in [4.69, 9.17) is 0 Å². The third-order valence-corrected chi connectivity index (χ3v) is 4.52. The molecule has 1 fully saturated rings. The molecule has 0 amide bonds. The summed E-state index contributed by atoms with van der Waals surface area (Å²) < 4.78 is 0. The first-order valence-electron chi connectivity index (χ1n) is 8.37. The van der Waals surface area contributed by atoms with Crippen LogP contribution in [0.1, 0.15) is 41.6 Å². The first-order chi connectivity index (χ1) is 11.7. The van der Waals surface area contributed by atoms with Crippen molar-refractivity contribution in [3.63, 3.8) is 0 Å². The van der Waals surface area contributed by atoms with Crippen LogP contribution >= 0.6 is 0 Å². The molecule has 3 heterocycles. The van der Waals surface area contributed by atoms with Crippen LogP contribution < -0.4 is 10.2 Å². The van der Waals surface area contributed by atoms with Crippen LogP contribution in [0.5, 0.6) is 0 Å². The molecule has 0 bridgehead atoms. The Bertz CT molecular complexity index is 759. The van der Waals surface area contributed by atoms with E-state index in [1.807, 2.05) is 26.1 Å². The highest BCUT2D eigenvalue weighted by atomic mass is 15.2. The van der Waals surface area contributed by atoms with Gasteiger partial charge in [0.15, 0.2) is 5.82 Å². The lowest BCUT2D eigenvalue weighted by molar-refractivity contribution is 0.573. The van der Waals surface area contributed by atoms with E-state index in [0.29, 0.717) is 17.9 Å². The molecular weight excluding hydrogens is 300 g/mol. The Morgan fingerprint density at radius 3 is 2.75 bits per heavy atom. The monoisotopic (exact) mass is 322 g/mol. The Morgan fingerprint density at radius 1 is 1.21 bits per heavy atom. The van der Waals surface area contributed by atoms with Gasteiger partial charge in [0.2, 0.25) is 0 Å². The summed E-state index contributed by atoms with van der Waals surface area (Å²) in [6.07, 6.45) is 5.61. The number of nitrogens with one attached hydrogen (secondary N) is 1. The van der Waals surface area contributed by atoms with E-state index in [0.717, 1.165) is 35.7 Å². The molecule has 0 atom stereocenters. The molecule has 2 aromatic rings. The average Bonchev–Trinajstić information content (AvgIpc) is 2.63. The van der Waals surface area contributed by atoms with Gasteiger partial charge in [0.25, 0.3) is 0 Å². The number of nitrogens with zero attached hydrogens (tertiary/aromatic N) is 5. The number of nitriles is 1. The van der Waals surface area contributed by atoms with Crippen LogP contribution in [0.4, 0.5) is 11.6 Å². The van der Waals surface area contributed by atoms with Crippen molar-refractivity contribution >= 4 is 11.6 Å². The minimum absolute atomic E-state index is 0.539. The van der Waals surface area contributed by atoms with Crippen molar-refractivity contribution < 1.29 is 0 Å². The van der Waals surface area contributed by atoms with Crippen LogP contribution in [0.25, 0.3) is 0 Å². The molecule has 1 saturated heterocycles. The molecule has 0 aliphatic carbocycles. The minimum Gasteiger partial charge on any atom is -0.363 e. The predicted octanol–water partition coefficient (Wildman–Crippen LogP) is 2.96. The first kappa shape index (κ1) is 16.2. The summed E-state index contributed by atoms with van der Waals surface area (Å²) in [5, 5.41) is 20.8. The molecule has 24 heavy (non-hydrogen) atoms. The molecule has 0 spiro atoms. The number of anilines is 2. The van der Waals surface area contributed by atoms with E-state index >= 15 is 0 Å². The fraction of sp³-hybridized carbons (Fsp3) is 0.444. The SMILES string of the molecule is Cc1nnc(NCc2ccnc(N3CCCCC3)c2)c(C#N)c1C. The smallest absolute Gasteiger partial charge is 0.167 e. The van der Waals surface area contributed by atoms with E-state index in [1.54, 1.807) is 0 Å². The summed E-state index contributed by atoms with van der Waals surface area (Å²) >= 11 is 0. The Hall–Kier alpha value is -2.68. The highest BCUT2D eigenvalue weighted by Gasteiger charge is 2.13. The second-order valence-corrected chi connectivity index (χ2v) is 6.17. The van der Waals surface area contributed by atoms with Crippen molar-refractivity contribution in [3.05, 3.63) is 40.7 Å². The number of pyridine rings is 1.